The van der Waals surface area contributed by atoms with E-state index in [0.29, 0.717) is 34.6 Å². The molecule has 3 rings (SSSR count). The summed E-state index contributed by atoms with van der Waals surface area (Å²) in [6, 6.07) is 9.63. The Bertz CT molecular complexity index is 1090. The fourth-order valence-corrected chi connectivity index (χ4v) is 2.92. The zero-order valence-electron chi connectivity index (χ0n) is 15.8. The number of urea groups is 1. The number of hydrogen-bond donors (Lipinski definition) is 3. The Morgan fingerprint density at radius 2 is 1.97 bits per heavy atom. The normalized spacial score (nSPS) is 10.4. The second-order valence-electron chi connectivity index (χ2n) is 5.95. The molecule has 3 amide bonds. The average Bonchev–Trinajstić information content (AvgIpc) is 2.70. The number of hydrogen-bond acceptors (Lipinski definition) is 5. The highest BCUT2D eigenvalue weighted by molar-refractivity contribution is 6.33. The van der Waals surface area contributed by atoms with Crippen molar-refractivity contribution in [2.45, 2.75) is 6.92 Å². The summed E-state index contributed by atoms with van der Waals surface area (Å²) in [5.41, 5.74) is 6.58. The largest absolute Gasteiger partial charge is 0.496 e. The predicted octanol–water partition coefficient (Wildman–Crippen LogP) is 3.93. The first kappa shape index (κ1) is 20.2. The number of rotatable bonds is 6. The average molecular weight is 415 g/mol. The Kier molecular flexibility index (Phi) is 6.04. The van der Waals surface area contributed by atoms with Gasteiger partial charge in [-0.25, -0.2) is 4.79 Å². The van der Waals surface area contributed by atoms with Gasteiger partial charge < -0.3 is 25.8 Å². The number of anilines is 1. The third-order valence-electron chi connectivity index (χ3n) is 4.05. The van der Waals surface area contributed by atoms with E-state index in [4.69, 9.17) is 26.8 Å². The van der Waals surface area contributed by atoms with Gasteiger partial charge in [0, 0.05) is 24.2 Å². The molecule has 150 valence electrons. The number of pyridine rings is 1. The van der Waals surface area contributed by atoms with Crippen molar-refractivity contribution in [1.82, 2.24) is 10.3 Å². The van der Waals surface area contributed by atoms with Gasteiger partial charge in [0.25, 0.3) is 5.91 Å². The smallest absolute Gasteiger partial charge is 0.319 e. The number of nitrogens with two attached hydrogens (primary N) is 1. The van der Waals surface area contributed by atoms with Gasteiger partial charge in [0.1, 0.15) is 10.8 Å². The minimum Gasteiger partial charge on any atom is -0.496 e. The number of nitrogens with zero attached hydrogens (tertiary/aromatic N) is 1. The van der Waals surface area contributed by atoms with Gasteiger partial charge in [0.15, 0.2) is 11.5 Å². The number of nitrogens with one attached hydrogen (secondary N) is 2. The molecule has 0 aliphatic heterocycles. The maximum Gasteiger partial charge on any atom is 0.319 e. The number of carbonyl (C=O) groups excluding carboxylic acids is 2. The van der Waals surface area contributed by atoms with Gasteiger partial charge in [-0.1, -0.05) is 23.7 Å². The fraction of sp³-hybridized carbons (Fsp3) is 0.150. The molecule has 0 atom stereocenters. The van der Waals surface area contributed by atoms with Crippen LogP contribution in [0, 0.1) is 0 Å². The van der Waals surface area contributed by atoms with Gasteiger partial charge in [-0.2, -0.15) is 0 Å². The Hall–Kier alpha value is -3.52. The summed E-state index contributed by atoms with van der Waals surface area (Å²) in [6.07, 6.45) is 1.43. The van der Waals surface area contributed by atoms with Crippen molar-refractivity contribution in [3.8, 4) is 17.2 Å². The molecule has 1 heterocycles. The summed E-state index contributed by atoms with van der Waals surface area (Å²) in [5.74, 6) is 0.272. The molecule has 3 aromatic rings. The molecule has 0 aliphatic carbocycles. The summed E-state index contributed by atoms with van der Waals surface area (Å²) >= 11 is 6.33. The van der Waals surface area contributed by atoms with Crippen LogP contribution in [0.3, 0.4) is 0 Å². The van der Waals surface area contributed by atoms with Crippen molar-refractivity contribution in [2.24, 2.45) is 5.73 Å². The lowest BCUT2D eigenvalue weighted by molar-refractivity contribution is 0.0997. The molecule has 0 bridgehead atoms. The SMILES string of the molecule is CCNC(=O)Nc1ccccc1Oc1c(Cl)cnc2cc(OC)c(C(N)=O)cc12. The van der Waals surface area contributed by atoms with E-state index in [0.717, 1.165) is 0 Å². The molecule has 0 spiro atoms. The molecule has 9 heteroatoms. The Morgan fingerprint density at radius 1 is 1.21 bits per heavy atom. The first-order valence-corrected chi connectivity index (χ1v) is 9.10. The highest BCUT2D eigenvalue weighted by Gasteiger charge is 2.18. The number of methoxy groups -OCH3 is 1. The van der Waals surface area contributed by atoms with E-state index in [1.807, 2.05) is 6.92 Å². The van der Waals surface area contributed by atoms with E-state index in [9.17, 15) is 9.59 Å². The van der Waals surface area contributed by atoms with E-state index in [1.54, 1.807) is 30.3 Å². The van der Waals surface area contributed by atoms with Crippen LogP contribution in [0.2, 0.25) is 5.02 Å². The van der Waals surface area contributed by atoms with Crippen molar-refractivity contribution in [1.29, 1.82) is 0 Å². The van der Waals surface area contributed by atoms with Gasteiger partial charge in [0.05, 0.1) is 23.9 Å². The molecule has 0 aliphatic rings. The van der Waals surface area contributed by atoms with Gasteiger partial charge in [-0.15, -0.1) is 0 Å². The Balaban J connectivity index is 2.09. The van der Waals surface area contributed by atoms with Crippen LogP contribution in [0.4, 0.5) is 10.5 Å². The zero-order chi connectivity index (χ0) is 21.0. The van der Waals surface area contributed by atoms with Gasteiger partial charge >= 0.3 is 6.03 Å². The van der Waals surface area contributed by atoms with Crippen molar-refractivity contribution in [2.75, 3.05) is 19.0 Å². The zero-order valence-corrected chi connectivity index (χ0v) is 16.5. The molecule has 2 aromatic carbocycles. The summed E-state index contributed by atoms with van der Waals surface area (Å²) < 4.78 is 11.3. The number of ether oxygens (including phenoxy) is 2. The molecular weight excluding hydrogens is 396 g/mol. The molecule has 0 fully saturated rings. The second-order valence-corrected chi connectivity index (χ2v) is 6.36. The van der Waals surface area contributed by atoms with E-state index in [-0.39, 0.29) is 22.4 Å². The molecular formula is C20H19ClN4O4. The highest BCUT2D eigenvalue weighted by atomic mass is 35.5. The summed E-state index contributed by atoms with van der Waals surface area (Å²) in [4.78, 5) is 28.0. The number of carbonyl (C=O) groups is 2. The molecule has 0 unspecified atom stereocenters. The molecule has 0 radical (unpaired) electrons. The quantitative estimate of drug-likeness (QED) is 0.565. The van der Waals surface area contributed by atoms with E-state index in [2.05, 4.69) is 15.6 Å². The van der Waals surface area contributed by atoms with Crippen molar-refractivity contribution >= 4 is 40.1 Å². The molecule has 29 heavy (non-hydrogen) atoms. The number of fused-ring (bicyclic) bond motifs is 1. The Labute approximate surface area is 172 Å². The molecule has 4 N–H and O–H groups in total. The van der Waals surface area contributed by atoms with Crippen LogP contribution in [0.1, 0.15) is 17.3 Å². The number of primary amides is 1. The number of para-hydroxylation sites is 2. The van der Waals surface area contributed by atoms with Crippen molar-refractivity contribution in [3.05, 3.63) is 53.2 Å². The first-order chi connectivity index (χ1) is 13.9. The second kappa shape index (κ2) is 8.66. The van der Waals surface area contributed by atoms with Crippen LogP contribution >= 0.6 is 11.6 Å². The third-order valence-corrected chi connectivity index (χ3v) is 4.32. The summed E-state index contributed by atoms with van der Waals surface area (Å²) in [5, 5.41) is 6.07. The Morgan fingerprint density at radius 3 is 2.66 bits per heavy atom. The van der Waals surface area contributed by atoms with Crippen LogP contribution in [-0.4, -0.2) is 30.6 Å². The minimum absolute atomic E-state index is 0.169. The standard InChI is InChI=1S/C20H19ClN4O4/c1-3-23-20(27)25-14-6-4-5-7-16(14)29-18-11-8-12(19(22)26)17(28-2)9-15(11)24-10-13(18)21/h4-10H,3H2,1-2H3,(H2,22,26)(H2,23,25,27). The maximum atomic E-state index is 11.9. The third kappa shape index (κ3) is 4.33. The fourth-order valence-electron chi connectivity index (χ4n) is 2.73. The van der Waals surface area contributed by atoms with Gasteiger partial charge in [-0.05, 0) is 25.1 Å². The number of benzene rings is 2. The minimum atomic E-state index is -0.659. The topological polar surface area (TPSA) is 116 Å². The van der Waals surface area contributed by atoms with E-state index in [1.165, 1.54) is 19.4 Å². The molecule has 0 saturated carbocycles. The summed E-state index contributed by atoms with van der Waals surface area (Å²) in [7, 11) is 1.43. The van der Waals surface area contributed by atoms with Crippen LogP contribution in [0.5, 0.6) is 17.2 Å². The molecule has 1 aromatic heterocycles. The van der Waals surface area contributed by atoms with Crippen LogP contribution in [0.25, 0.3) is 10.9 Å². The molecule has 0 saturated heterocycles. The monoisotopic (exact) mass is 414 g/mol. The molecule has 8 nitrogen and oxygen atoms in total. The number of halogens is 1. The lowest BCUT2D eigenvalue weighted by atomic mass is 10.1. The first-order valence-electron chi connectivity index (χ1n) is 8.72. The lowest BCUT2D eigenvalue weighted by Gasteiger charge is -2.15. The van der Waals surface area contributed by atoms with Gasteiger partial charge in [0.2, 0.25) is 0 Å². The van der Waals surface area contributed by atoms with Crippen molar-refractivity contribution < 1.29 is 19.1 Å². The number of aromatic nitrogens is 1. The van der Waals surface area contributed by atoms with E-state index < -0.39 is 5.91 Å². The highest BCUT2D eigenvalue weighted by Crippen LogP contribution is 2.40. The summed E-state index contributed by atoms with van der Waals surface area (Å²) in [6.45, 7) is 2.29. The number of amides is 3. The van der Waals surface area contributed by atoms with Crippen LogP contribution in [-0.2, 0) is 0 Å². The van der Waals surface area contributed by atoms with E-state index >= 15 is 0 Å². The van der Waals surface area contributed by atoms with Crippen molar-refractivity contribution in [3.63, 3.8) is 0 Å². The lowest BCUT2D eigenvalue weighted by Crippen LogP contribution is -2.28. The van der Waals surface area contributed by atoms with Gasteiger partial charge in [-0.3, -0.25) is 9.78 Å². The van der Waals surface area contributed by atoms with Crippen LogP contribution in [0.15, 0.2) is 42.6 Å². The van der Waals surface area contributed by atoms with Crippen LogP contribution < -0.4 is 25.8 Å². The predicted molar refractivity (Wildman–Crippen MR) is 111 cm³/mol. The maximum absolute atomic E-state index is 11.9.